The standard InChI is InChI=1S/C20H21BrN2O3/c1-23-16(24)14-3-2-13(5-15(14)17(23)25)22-18(26)19-6-11-4-12(7-19)9-20(21,8-11)10-19/h2-3,5,11-12H,4,6-10H2,1H3,(H,22,26)/t11-,12-,19?,20?/m1/s1. The maximum atomic E-state index is 13.2. The molecule has 4 aliphatic carbocycles. The van der Waals surface area contributed by atoms with Crippen molar-refractivity contribution in [3.8, 4) is 0 Å². The zero-order valence-corrected chi connectivity index (χ0v) is 16.3. The van der Waals surface area contributed by atoms with Crippen LogP contribution < -0.4 is 5.32 Å². The lowest BCUT2D eigenvalue weighted by Crippen LogP contribution is -2.57. The Hall–Kier alpha value is -1.69. The fraction of sp³-hybridized carbons (Fsp3) is 0.550. The van der Waals surface area contributed by atoms with Gasteiger partial charge < -0.3 is 5.32 Å². The smallest absolute Gasteiger partial charge is 0.261 e. The minimum Gasteiger partial charge on any atom is -0.326 e. The molecule has 0 saturated heterocycles. The molecule has 5 nitrogen and oxygen atoms in total. The fourth-order valence-corrected chi connectivity index (χ4v) is 7.57. The molecule has 0 radical (unpaired) electrons. The molecule has 6 rings (SSSR count). The number of anilines is 1. The van der Waals surface area contributed by atoms with E-state index in [0.29, 0.717) is 28.7 Å². The van der Waals surface area contributed by atoms with Gasteiger partial charge in [0.15, 0.2) is 0 Å². The molecule has 1 heterocycles. The molecule has 4 fully saturated rings. The van der Waals surface area contributed by atoms with Gasteiger partial charge in [0.2, 0.25) is 5.91 Å². The molecule has 4 bridgehead atoms. The van der Waals surface area contributed by atoms with Crippen LogP contribution in [0.4, 0.5) is 5.69 Å². The van der Waals surface area contributed by atoms with Crippen LogP contribution in [0.1, 0.15) is 59.2 Å². The molecule has 3 amide bonds. The summed E-state index contributed by atoms with van der Waals surface area (Å²) in [6.45, 7) is 0. The lowest BCUT2D eigenvalue weighted by molar-refractivity contribution is -0.138. The Kier molecular flexibility index (Phi) is 3.29. The van der Waals surface area contributed by atoms with Crippen LogP contribution in [0.25, 0.3) is 0 Å². The van der Waals surface area contributed by atoms with Crippen molar-refractivity contribution in [2.24, 2.45) is 17.3 Å². The van der Waals surface area contributed by atoms with Gasteiger partial charge >= 0.3 is 0 Å². The number of carbonyl (C=O) groups excluding carboxylic acids is 3. The monoisotopic (exact) mass is 416 g/mol. The van der Waals surface area contributed by atoms with E-state index in [9.17, 15) is 14.4 Å². The quantitative estimate of drug-likeness (QED) is 0.591. The first-order chi connectivity index (χ1) is 12.3. The number of rotatable bonds is 2. The van der Waals surface area contributed by atoms with E-state index in [1.54, 1.807) is 18.2 Å². The van der Waals surface area contributed by atoms with E-state index in [0.717, 1.165) is 24.2 Å². The predicted octanol–water partition coefficient (Wildman–Crippen LogP) is 3.58. The van der Waals surface area contributed by atoms with Crippen LogP contribution in [-0.4, -0.2) is 34.0 Å². The van der Waals surface area contributed by atoms with Gasteiger partial charge in [-0.05, 0) is 68.6 Å². The van der Waals surface area contributed by atoms with Gasteiger partial charge in [-0.15, -0.1) is 0 Å². The summed E-state index contributed by atoms with van der Waals surface area (Å²) < 4.78 is 0.122. The fourth-order valence-electron chi connectivity index (χ4n) is 6.12. The Morgan fingerprint density at radius 2 is 1.77 bits per heavy atom. The minimum atomic E-state index is -0.310. The molecule has 1 N–H and O–H groups in total. The summed E-state index contributed by atoms with van der Waals surface area (Å²) in [5.74, 6) is 0.740. The van der Waals surface area contributed by atoms with E-state index in [1.165, 1.54) is 26.3 Å². The maximum absolute atomic E-state index is 13.2. The number of carbonyl (C=O) groups is 3. The summed E-state index contributed by atoms with van der Waals surface area (Å²) in [5, 5.41) is 3.05. The molecule has 0 spiro atoms. The number of amides is 3. The molecule has 1 aromatic rings. The molecule has 136 valence electrons. The topological polar surface area (TPSA) is 66.5 Å². The van der Waals surface area contributed by atoms with Crippen LogP contribution in [-0.2, 0) is 4.79 Å². The first kappa shape index (κ1) is 16.5. The normalized spacial score (nSPS) is 37.2. The highest BCUT2D eigenvalue weighted by Crippen LogP contribution is 2.64. The summed E-state index contributed by atoms with van der Waals surface area (Å²) in [5.41, 5.74) is 1.08. The van der Waals surface area contributed by atoms with E-state index in [-0.39, 0.29) is 27.5 Å². The highest BCUT2D eigenvalue weighted by Gasteiger charge is 2.59. The van der Waals surface area contributed by atoms with E-state index < -0.39 is 0 Å². The van der Waals surface area contributed by atoms with Crippen molar-refractivity contribution in [3.63, 3.8) is 0 Å². The Morgan fingerprint density at radius 3 is 2.42 bits per heavy atom. The number of alkyl halides is 1. The summed E-state index contributed by atoms with van der Waals surface area (Å²) in [6.07, 6.45) is 6.44. The van der Waals surface area contributed by atoms with Gasteiger partial charge in [0, 0.05) is 17.1 Å². The van der Waals surface area contributed by atoms with Crippen molar-refractivity contribution in [3.05, 3.63) is 29.3 Å². The third-order valence-corrected chi connectivity index (χ3v) is 7.75. The molecule has 1 aliphatic heterocycles. The van der Waals surface area contributed by atoms with E-state index in [4.69, 9.17) is 0 Å². The number of hydrogen-bond donors (Lipinski definition) is 1. The maximum Gasteiger partial charge on any atom is 0.261 e. The van der Waals surface area contributed by atoms with E-state index in [1.807, 2.05) is 0 Å². The highest BCUT2D eigenvalue weighted by molar-refractivity contribution is 9.10. The van der Waals surface area contributed by atoms with Gasteiger partial charge in [0.05, 0.1) is 16.5 Å². The van der Waals surface area contributed by atoms with Gasteiger partial charge in [0.1, 0.15) is 0 Å². The predicted molar refractivity (Wildman–Crippen MR) is 100 cm³/mol. The highest BCUT2D eigenvalue weighted by atomic mass is 79.9. The molecule has 0 aromatic heterocycles. The number of imide groups is 1. The van der Waals surface area contributed by atoms with Crippen LogP contribution in [0, 0.1) is 17.3 Å². The van der Waals surface area contributed by atoms with Crippen LogP contribution in [0.15, 0.2) is 18.2 Å². The van der Waals surface area contributed by atoms with Crippen molar-refractivity contribution >= 4 is 39.3 Å². The summed E-state index contributed by atoms with van der Waals surface area (Å²) in [7, 11) is 1.48. The second kappa shape index (κ2) is 5.18. The average Bonchev–Trinajstić information content (AvgIpc) is 2.77. The molecule has 4 saturated carbocycles. The number of nitrogens with zero attached hydrogens (tertiary/aromatic N) is 1. The number of halogens is 1. The van der Waals surface area contributed by atoms with Crippen molar-refractivity contribution in [1.29, 1.82) is 0 Å². The first-order valence-corrected chi connectivity index (χ1v) is 10.0. The van der Waals surface area contributed by atoms with Crippen molar-refractivity contribution in [1.82, 2.24) is 4.90 Å². The number of fused-ring (bicyclic) bond motifs is 1. The Labute approximate surface area is 160 Å². The Balaban J connectivity index is 1.42. The van der Waals surface area contributed by atoms with Crippen molar-refractivity contribution in [2.45, 2.75) is 42.8 Å². The molecule has 2 atom stereocenters. The van der Waals surface area contributed by atoms with E-state index >= 15 is 0 Å². The van der Waals surface area contributed by atoms with Crippen molar-refractivity contribution in [2.75, 3.05) is 12.4 Å². The van der Waals surface area contributed by atoms with Crippen LogP contribution in [0.5, 0.6) is 0 Å². The minimum absolute atomic E-state index is 0.0699. The first-order valence-electron chi connectivity index (χ1n) is 9.25. The largest absolute Gasteiger partial charge is 0.326 e. The lowest BCUT2D eigenvalue weighted by atomic mass is 9.49. The molecule has 5 aliphatic rings. The number of nitrogens with one attached hydrogen (secondary N) is 1. The van der Waals surface area contributed by atoms with Gasteiger partial charge in [-0.1, -0.05) is 15.9 Å². The third-order valence-electron chi connectivity index (χ3n) is 6.82. The Bertz CT molecular complexity index is 851. The lowest BCUT2D eigenvalue weighted by Gasteiger charge is -2.59. The second-order valence-corrected chi connectivity index (χ2v) is 10.5. The summed E-state index contributed by atoms with van der Waals surface area (Å²) in [6, 6.07) is 5.01. The average molecular weight is 417 g/mol. The molecule has 1 aromatic carbocycles. The second-order valence-electron chi connectivity index (χ2n) is 8.78. The molecular weight excluding hydrogens is 396 g/mol. The van der Waals surface area contributed by atoms with Crippen LogP contribution >= 0.6 is 15.9 Å². The SMILES string of the molecule is CN1C(=O)c2ccc(NC(=O)C34C[C@H]5C[C@@H](CC(Br)(C5)C3)C4)cc2C1=O. The zero-order chi connectivity index (χ0) is 18.3. The van der Waals surface area contributed by atoms with Crippen LogP contribution in [0.2, 0.25) is 0 Å². The molecular formula is C20H21BrN2O3. The van der Waals surface area contributed by atoms with Crippen molar-refractivity contribution < 1.29 is 14.4 Å². The number of benzene rings is 1. The zero-order valence-electron chi connectivity index (χ0n) is 14.7. The van der Waals surface area contributed by atoms with Crippen LogP contribution in [0.3, 0.4) is 0 Å². The van der Waals surface area contributed by atoms with Gasteiger partial charge in [0.25, 0.3) is 11.8 Å². The van der Waals surface area contributed by atoms with Gasteiger partial charge in [-0.2, -0.15) is 0 Å². The number of hydrogen-bond acceptors (Lipinski definition) is 3. The Morgan fingerprint density at radius 1 is 1.12 bits per heavy atom. The summed E-state index contributed by atoms with van der Waals surface area (Å²) in [4.78, 5) is 38.6. The third kappa shape index (κ3) is 2.24. The molecule has 0 unspecified atom stereocenters. The van der Waals surface area contributed by atoms with E-state index in [2.05, 4.69) is 21.2 Å². The molecule has 6 heteroatoms. The van der Waals surface area contributed by atoms with Gasteiger partial charge in [-0.25, -0.2) is 0 Å². The summed E-state index contributed by atoms with van der Waals surface area (Å²) >= 11 is 3.94. The molecule has 26 heavy (non-hydrogen) atoms. The van der Waals surface area contributed by atoms with Gasteiger partial charge in [-0.3, -0.25) is 19.3 Å².